The molecule has 5 nitrogen and oxygen atoms in total. The van der Waals surface area contributed by atoms with Gasteiger partial charge >= 0.3 is 0 Å². The third-order valence-corrected chi connectivity index (χ3v) is 10.1. The van der Waals surface area contributed by atoms with Crippen LogP contribution in [0.4, 0.5) is 0 Å². The van der Waals surface area contributed by atoms with Gasteiger partial charge < -0.3 is 24.6 Å². The molecule has 3 saturated carbocycles. The van der Waals surface area contributed by atoms with Crippen LogP contribution in [-0.4, -0.2) is 59.2 Å². The average Bonchev–Trinajstić information content (AvgIpc) is 3.09. The van der Waals surface area contributed by atoms with Gasteiger partial charge in [0.1, 0.15) is 11.7 Å². The van der Waals surface area contributed by atoms with Gasteiger partial charge in [-0.3, -0.25) is 0 Å². The zero-order chi connectivity index (χ0) is 21.1. The lowest BCUT2D eigenvalue weighted by Crippen LogP contribution is -2.82. The molecule has 7 rings (SSSR count). The van der Waals surface area contributed by atoms with E-state index in [-0.39, 0.29) is 28.6 Å². The van der Waals surface area contributed by atoms with Crippen molar-refractivity contribution in [1.82, 2.24) is 4.90 Å². The smallest absolute Gasteiger partial charge is 0.165 e. The standard InChI is InChI=1S/C25H35NO4/c1-5-8-22(2,28)17-14-23-9-10-25(17,29-4)21-24(23)11-12-26(3)18(23)13-15-6-7-16(27)20(30-21)19(15)24/h6-7,17-18,21,27-28H,5,8-14H2,1-4H3/t17-,18-,21-,22+,23-,24+,25+/m1/s1. The fraction of sp³-hybridized carbons (Fsp3) is 0.760. The van der Waals surface area contributed by atoms with Crippen LogP contribution in [0.15, 0.2) is 12.1 Å². The molecule has 2 spiro atoms. The number of aliphatic hydroxyl groups is 1. The maximum Gasteiger partial charge on any atom is 0.165 e. The number of phenols is 1. The molecule has 4 fully saturated rings. The third kappa shape index (κ3) is 1.85. The van der Waals surface area contributed by atoms with Gasteiger partial charge in [-0.25, -0.2) is 0 Å². The molecule has 7 atom stereocenters. The van der Waals surface area contributed by atoms with Gasteiger partial charge in [0.2, 0.25) is 0 Å². The van der Waals surface area contributed by atoms with Crippen molar-refractivity contribution in [3.05, 3.63) is 23.3 Å². The summed E-state index contributed by atoms with van der Waals surface area (Å²) in [7, 11) is 4.09. The Morgan fingerprint density at radius 2 is 2.10 bits per heavy atom. The van der Waals surface area contributed by atoms with Crippen LogP contribution in [0.3, 0.4) is 0 Å². The minimum atomic E-state index is -0.798. The molecule has 1 aromatic carbocycles. The third-order valence-electron chi connectivity index (χ3n) is 10.1. The fourth-order valence-electron chi connectivity index (χ4n) is 9.09. The average molecular weight is 414 g/mol. The lowest BCUT2D eigenvalue weighted by molar-refractivity contribution is -0.301. The van der Waals surface area contributed by atoms with Gasteiger partial charge in [-0.15, -0.1) is 0 Å². The highest BCUT2D eigenvalue weighted by atomic mass is 16.6. The topological polar surface area (TPSA) is 62.2 Å². The molecule has 1 saturated heterocycles. The lowest BCUT2D eigenvalue weighted by atomic mass is 9.33. The summed E-state index contributed by atoms with van der Waals surface area (Å²) in [5.74, 6) is 0.977. The molecule has 2 heterocycles. The Morgan fingerprint density at radius 1 is 1.30 bits per heavy atom. The Morgan fingerprint density at radius 3 is 2.83 bits per heavy atom. The van der Waals surface area contributed by atoms with Crippen molar-refractivity contribution in [2.24, 2.45) is 11.3 Å². The predicted molar refractivity (Wildman–Crippen MR) is 114 cm³/mol. The Hall–Kier alpha value is -1.30. The second-order valence-corrected chi connectivity index (χ2v) is 11.0. The van der Waals surface area contributed by atoms with E-state index >= 15 is 0 Å². The van der Waals surface area contributed by atoms with Crippen LogP contribution >= 0.6 is 0 Å². The Balaban J connectivity index is 1.64. The van der Waals surface area contributed by atoms with Gasteiger partial charge in [-0.2, -0.15) is 0 Å². The summed E-state index contributed by atoms with van der Waals surface area (Å²) in [6, 6.07) is 4.37. The van der Waals surface area contributed by atoms with E-state index in [0.717, 1.165) is 51.5 Å². The number of likely N-dealkylation sites (N-methyl/N-ethyl adjacent to an activating group) is 1. The summed E-state index contributed by atoms with van der Waals surface area (Å²) in [6.45, 7) is 5.19. The van der Waals surface area contributed by atoms with Gasteiger partial charge in [0.25, 0.3) is 0 Å². The molecule has 30 heavy (non-hydrogen) atoms. The van der Waals surface area contributed by atoms with Crippen LogP contribution in [0.5, 0.6) is 11.5 Å². The SMILES string of the molecule is CCC[C@](C)(O)[C@H]1C[C@@]23CC[C@@]1(OC)[C@@H]1Oc4c(O)ccc5c4[C@@]12CCN(C)[C@@H]3C5. The molecule has 2 aliphatic heterocycles. The maximum atomic E-state index is 11.7. The highest BCUT2D eigenvalue weighted by Crippen LogP contribution is 2.77. The first-order valence-electron chi connectivity index (χ1n) is 11.8. The van der Waals surface area contributed by atoms with Crippen LogP contribution in [0.2, 0.25) is 0 Å². The molecule has 5 heteroatoms. The Bertz CT molecular complexity index is 915. The molecular weight excluding hydrogens is 378 g/mol. The van der Waals surface area contributed by atoms with Gasteiger partial charge in [-0.05, 0) is 70.7 Å². The largest absolute Gasteiger partial charge is 0.504 e. The summed E-state index contributed by atoms with van der Waals surface area (Å²) < 4.78 is 13.2. The molecule has 1 aromatic rings. The molecule has 0 radical (unpaired) electrons. The normalized spacial score (nSPS) is 45.0. The number of ether oxygens (including phenoxy) is 2. The Labute approximate surface area is 179 Å². The number of nitrogens with zero attached hydrogens (tertiary/aromatic N) is 1. The van der Waals surface area contributed by atoms with Gasteiger partial charge in [0.15, 0.2) is 11.5 Å². The zero-order valence-corrected chi connectivity index (χ0v) is 18.7. The van der Waals surface area contributed by atoms with Crippen LogP contribution in [-0.2, 0) is 16.6 Å². The first kappa shape index (κ1) is 19.4. The molecule has 0 unspecified atom stereocenters. The first-order chi connectivity index (χ1) is 14.3. The Kier molecular flexibility index (Phi) is 3.70. The number of benzene rings is 1. The quantitative estimate of drug-likeness (QED) is 0.792. The van der Waals surface area contributed by atoms with Crippen molar-refractivity contribution in [2.45, 2.75) is 87.6 Å². The molecule has 164 valence electrons. The minimum Gasteiger partial charge on any atom is -0.504 e. The van der Waals surface area contributed by atoms with Crippen LogP contribution in [0.25, 0.3) is 0 Å². The van der Waals surface area contributed by atoms with E-state index in [1.165, 1.54) is 11.1 Å². The highest BCUT2D eigenvalue weighted by molar-refractivity contribution is 5.63. The van der Waals surface area contributed by atoms with Crippen molar-refractivity contribution in [3.8, 4) is 11.5 Å². The van der Waals surface area contributed by atoms with Crippen molar-refractivity contribution in [2.75, 3.05) is 20.7 Å². The van der Waals surface area contributed by atoms with E-state index in [2.05, 4.69) is 24.9 Å². The molecular formula is C25H35NO4. The molecule has 0 amide bonds. The summed E-state index contributed by atoms with van der Waals surface area (Å²) in [5.41, 5.74) is 1.21. The number of fused-ring (bicyclic) bond motifs is 2. The number of hydrogen-bond acceptors (Lipinski definition) is 5. The van der Waals surface area contributed by atoms with E-state index in [4.69, 9.17) is 9.47 Å². The van der Waals surface area contributed by atoms with E-state index in [1.807, 2.05) is 20.1 Å². The monoisotopic (exact) mass is 413 g/mol. The summed E-state index contributed by atoms with van der Waals surface area (Å²) in [5, 5.41) is 22.5. The number of piperidine rings is 1. The summed E-state index contributed by atoms with van der Waals surface area (Å²) in [4.78, 5) is 2.56. The number of hydrogen-bond donors (Lipinski definition) is 2. The first-order valence-corrected chi connectivity index (χ1v) is 11.8. The summed E-state index contributed by atoms with van der Waals surface area (Å²) in [6.07, 6.45) is 6.57. The summed E-state index contributed by atoms with van der Waals surface area (Å²) >= 11 is 0. The molecule has 4 bridgehead atoms. The lowest BCUT2D eigenvalue weighted by Gasteiger charge is -2.74. The van der Waals surface area contributed by atoms with E-state index < -0.39 is 11.2 Å². The fourth-order valence-corrected chi connectivity index (χ4v) is 9.09. The number of phenolic OH excluding ortho intramolecular Hbond substituents is 1. The van der Waals surface area contributed by atoms with Crippen molar-refractivity contribution in [3.63, 3.8) is 0 Å². The second kappa shape index (κ2) is 5.73. The van der Waals surface area contributed by atoms with Crippen LogP contribution in [0.1, 0.15) is 63.5 Å². The molecule has 4 aliphatic carbocycles. The second-order valence-electron chi connectivity index (χ2n) is 11.0. The minimum absolute atomic E-state index is 0.0221. The number of rotatable bonds is 4. The predicted octanol–water partition coefficient (Wildman–Crippen LogP) is 3.39. The van der Waals surface area contributed by atoms with Crippen molar-refractivity contribution in [1.29, 1.82) is 0 Å². The van der Waals surface area contributed by atoms with Gasteiger partial charge in [-0.1, -0.05) is 19.4 Å². The van der Waals surface area contributed by atoms with Gasteiger partial charge in [0.05, 0.1) is 5.60 Å². The number of methoxy groups -OCH3 is 1. The van der Waals surface area contributed by atoms with Gasteiger partial charge in [0, 0.05) is 35.5 Å². The van der Waals surface area contributed by atoms with Crippen molar-refractivity contribution >= 4 is 0 Å². The number of aromatic hydroxyl groups is 1. The van der Waals surface area contributed by atoms with E-state index in [0.29, 0.717) is 11.8 Å². The van der Waals surface area contributed by atoms with Crippen LogP contribution < -0.4 is 4.74 Å². The van der Waals surface area contributed by atoms with Crippen molar-refractivity contribution < 1.29 is 19.7 Å². The molecule has 0 aromatic heterocycles. The van der Waals surface area contributed by atoms with E-state index in [9.17, 15) is 10.2 Å². The maximum absolute atomic E-state index is 11.7. The highest BCUT2D eigenvalue weighted by Gasteiger charge is 2.81. The van der Waals surface area contributed by atoms with Crippen LogP contribution in [0, 0.1) is 11.3 Å². The van der Waals surface area contributed by atoms with E-state index in [1.54, 1.807) is 0 Å². The zero-order valence-electron chi connectivity index (χ0n) is 18.7. The molecule has 6 aliphatic rings. The molecule has 2 N–H and O–H groups in total. The number of likely N-dealkylation sites (tertiary alicyclic amines) is 1.